The summed E-state index contributed by atoms with van der Waals surface area (Å²) in [6, 6.07) is 11.4. The van der Waals surface area contributed by atoms with E-state index in [9.17, 15) is 14.7 Å². The molecule has 0 saturated carbocycles. The molecule has 1 saturated heterocycles. The number of aliphatic hydroxyl groups excluding tert-OH is 1. The molecule has 2 aromatic carbocycles. The molecule has 1 aliphatic rings. The van der Waals surface area contributed by atoms with Crippen molar-refractivity contribution in [1.29, 1.82) is 0 Å². The molecule has 1 heterocycles. The molecule has 1 atom stereocenters. The van der Waals surface area contributed by atoms with Gasteiger partial charge >= 0.3 is 0 Å². The second-order valence-electron chi connectivity index (χ2n) is 8.79. The van der Waals surface area contributed by atoms with Crippen molar-refractivity contribution in [1.82, 2.24) is 4.90 Å². The van der Waals surface area contributed by atoms with Crippen LogP contribution < -0.4 is 14.2 Å². The molecule has 8 heteroatoms. The van der Waals surface area contributed by atoms with Gasteiger partial charge in [0.1, 0.15) is 23.0 Å². The zero-order valence-electron chi connectivity index (χ0n) is 21.6. The molecule has 0 aliphatic carbocycles. The number of amides is 1. The molecule has 1 unspecified atom stereocenters. The number of likely N-dealkylation sites (tertiary alicyclic amines) is 1. The van der Waals surface area contributed by atoms with Crippen molar-refractivity contribution in [2.24, 2.45) is 5.92 Å². The second kappa shape index (κ2) is 12.4. The highest BCUT2D eigenvalue weighted by molar-refractivity contribution is 6.46. The first-order valence-electron chi connectivity index (χ1n) is 12.2. The standard InChI is InChI=1S/C28H35NO7/c1-6-34-21-11-12-22(23(16-21)35-7-2)26(30)24-25(29(13-14-33-5)28(32)27(24)31)19-9-8-10-20(15-19)36-17-18(3)4/h8-12,15-16,18,25,30H,6-7,13-14,17H2,1-5H3/b26-24-. The van der Waals surface area contributed by atoms with Crippen molar-refractivity contribution in [2.75, 3.05) is 40.1 Å². The molecule has 2 aromatic rings. The zero-order chi connectivity index (χ0) is 26.2. The molecular weight excluding hydrogens is 462 g/mol. The fourth-order valence-electron chi connectivity index (χ4n) is 4.06. The predicted molar refractivity (Wildman–Crippen MR) is 136 cm³/mol. The van der Waals surface area contributed by atoms with Gasteiger partial charge < -0.3 is 29.0 Å². The van der Waals surface area contributed by atoms with Crippen molar-refractivity contribution < 1.29 is 33.6 Å². The quantitative estimate of drug-likeness (QED) is 0.260. The maximum Gasteiger partial charge on any atom is 0.295 e. The SMILES string of the molecule is CCOc1ccc(/C(O)=C2/C(=O)C(=O)N(CCOC)C2c2cccc(OCC(C)C)c2)c(OCC)c1. The number of ketones is 1. The van der Waals surface area contributed by atoms with E-state index in [-0.39, 0.29) is 24.5 Å². The van der Waals surface area contributed by atoms with Crippen LogP contribution in [0.5, 0.6) is 17.2 Å². The molecule has 1 N–H and O–H groups in total. The van der Waals surface area contributed by atoms with E-state index in [0.717, 1.165) is 0 Å². The Bertz CT molecular complexity index is 1110. The van der Waals surface area contributed by atoms with Gasteiger partial charge in [-0.1, -0.05) is 26.0 Å². The first kappa shape index (κ1) is 27.1. The van der Waals surface area contributed by atoms with Crippen molar-refractivity contribution >= 4 is 17.4 Å². The smallest absolute Gasteiger partial charge is 0.295 e. The van der Waals surface area contributed by atoms with Gasteiger partial charge in [-0.15, -0.1) is 0 Å². The van der Waals surface area contributed by atoms with E-state index >= 15 is 0 Å². The highest BCUT2D eigenvalue weighted by Gasteiger charge is 2.46. The summed E-state index contributed by atoms with van der Waals surface area (Å²) in [6.45, 7) is 9.55. The summed E-state index contributed by atoms with van der Waals surface area (Å²) in [5.74, 6) is 0.112. The zero-order valence-corrected chi connectivity index (χ0v) is 21.6. The van der Waals surface area contributed by atoms with E-state index in [4.69, 9.17) is 18.9 Å². The maximum absolute atomic E-state index is 13.3. The highest BCUT2D eigenvalue weighted by atomic mass is 16.5. The summed E-state index contributed by atoms with van der Waals surface area (Å²) in [6.07, 6.45) is 0. The van der Waals surface area contributed by atoms with E-state index in [0.29, 0.717) is 54.1 Å². The van der Waals surface area contributed by atoms with Crippen molar-refractivity contribution in [3.05, 3.63) is 59.2 Å². The Hall–Kier alpha value is -3.52. The van der Waals surface area contributed by atoms with Crippen LogP contribution in [0.1, 0.15) is 44.9 Å². The molecule has 0 radical (unpaired) electrons. The number of aliphatic hydroxyl groups is 1. The van der Waals surface area contributed by atoms with Crippen LogP contribution in [0.4, 0.5) is 0 Å². The highest BCUT2D eigenvalue weighted by Crippen LogP contribution is 2.42. The van der Waals surface area contributed by atoms with Gasteiger partial charge in [0.05, 0.1) is 43.6 Å². The molecule has 194 valence electrons. The Balaban J connectivity index is 2.15. The number of nitrogens with zero attached hydrogens (tertiary/aromatic N) is 1. The third kappa shape index (κ3) is 5.99. The van der Waals surface area contributed by atoms with E-state index < -0.39 is 17.7 Å². The Morgan fingerprint density at radius 2 is 1.72 bits per heavy atom. The number of Topliss-reactive ketones (excluding diaryl/α,β-unsaturated/α-hetero) is 1. The van der Waals surface area contributed by atoms with Crippen LogP contribution in [0.15, 0.2) is 48.0 Å². The van der Waals surface area contributed by atoms with Gasteiger partial charge in [-0.05, 0) is 49.6 Å². The lowest BCUT2D eigenvalue weighted by Gasteiger charge is -2.25. The molecule has 36 heavy (non-hydrogen) atoms. The molecule has 8 nitrogen and oxygen atoms in total. The first-order valence-corrected chi connectivity index (χ1v) is 12.2. The monoisotopic (exact) mass is 497 g/mol. The van der Waals surface area contributed by atoms with Gasteiger partial charge in [0.2, 0.25) is 0 Å². The third-order valence-electron chi connectivity index (χ3n) is 5.65. The normalized spacial score (nSPS) is 17.1. The molecular formula is C28H35NO7. The number of benzene rings is 2. The Labute approximate surface area is 212 Å². The largest absolute Gasteiger partial charge is 0.507 e. The topological polar surface area (TPSA) is 94.5 Å². The van der Waals surface area contributed by atoms with E-state index in [1.165, 1.54) is 12.0 Å². The predicted octanol–water partition coefficient (Wildman–Crippen LogP) is 4.59. The lowest BCUT2D eigenvalue weighted by molar-refractivity contribution is -0.140. The Morgan fingerprint density at radius 3 is 2.39 bits per heavy atom. The fourth-order valence-corrected chi connectivity index (χ4v) is 4.06. The number of ether oxygens (including phenoxy) is 4. The van der Waals surface area contributed by atoms with Crippen LogP contribution in [0, 0.1) is 5.92 Å². The summed E-state index contributed by atoms with van der Waals surface area (Å²) in [5, 5.41) is 11.5. The van der Waals surface area contributed by atoms with Gasteiger partial charge in [0, 0.05) is 19.7 Å². The minimum Gasteiger partial charge on any atom is -0.507 e. The molecule has 1 fully saturated rings. The number of carbonyl (C=O) groups is 2. The third-order valence-corrected chi connectivity index (χ3v) is 5.65. The average Bonchev–Trinajstić information content (AvgIpc) is 3.11. The summed E-state index contributed by atoms with van der Waals surface area (Å²) in [5.41, 5.74) is 0.946. The number of hydrogen-bond acceptors (Lipinski definition) is 7. The fraction of sp³-hybridized carbons (Fsp3) is 0.429. The lowest BCUT2D eigenvalue weighted by atomic mass is 9.94. The van der Waals surface area contributed by atoms with Crippen LogP contribution in [0.3, 0.4) is 0 Å². The van der Waals surface area contributed by atoms with E-state index in [1.807, 2.05) is 32.0 Å². The van der Waals surface area contributed by atoms with E-state index in [2.05, 4.69) is 13.8 Å². The summed E-state index contributed by atoms with van der Waals surface area (Å²) in [7, 11) is 1.53. The number of carbonyl (C=O) groups excluding carboxylic acids is 2. The first-order chi connectivity index (χ1) is 17.3. The average molecular weight is 498 g/mol. The second-order valence-corrected chi connectivity index (χ2v) is 8.79. The summed E-state index contributed by atoms with van der Waals surface area (Å²) in [4.78, 5) is 27.8. The summed E-state index contributed by atoms with van der Waals surface area (Å²) >= 11 is 0. The van der Waals surface area contributed by atoms with E-state index in [1.54, 1.807) is 24.3 Å². The number of hydrogen-bond donors (Lipinski definition) is 1. The van der Waals surface area contributed by atoms with Crippen LogP contribution >= 0.6 is 0 Å². The molecule has 0 spiro atoms. The maximum atomic E-state index is 13.3. The van der Waals surface area contributed by atoms with Gasteiger partial charge in [0.25, 0.3) is 11.7 Å². The minimum absolute atomic E-state index is 0.0118. The Morgan fingerprint density at radius 1 is 1.00 bits per heavy atom. The van der Waals surface area contributed by atoms with Crippen molar-refractivity contribution in [3.8, 4) is 17.2 Å². The van der Waals surface area contributed by atoms with Gasteiger partial charge in [0.15, 0.2) is 0 Å². The van der Waals surface area contributed by atoms with Crippen LogP contribution in [-0.4, -0.2) is 61.8 Å². The number of methoxy groups -OCH3 is 1. The molecule has 1 aliphatic heterocycles. The van der Waals surface area contributed by atoms with Crippen molar-refractivity contribution in [3.63, 3.8) is 0 Å². The molecule has 0 bridgehead atoms. The van der Waals surface area contributed by atoms with Crippen molar-refractivity contribution in [2.45, 2.75) is 33.7 Å². The van der Waals surface area contributed by atoms with Crippen LogP contribution in [0.25, 0.3) is 5.76 Å². The minimum atomic E-state index is -0.816. The van der Waals surface area contributed by atoms with Crippen LogP contribution in [-0.2, 0) is 14.3 Å². The summed E-state index contributed by atoms with van der Waals surface area (Å²) < 4.78 is 22.4. The molecule has 0 aromatic heterocycles. The lowest BCUT2D eigenvalue weighted by Crippen LogP contribution is -2.32. The molecule has 3 rings (SSSR count). The number of rotatable bonds is 12. The van der Waals surface area contributed by atoms with Gasteiger partial charge in [-0.25, -0.2) is 0 Å². The van der Waals surface area contributed by atoms with Gasteiger partial charge in [-0.3, -0.25) is 9.59 Å². The molecule has 1 amide bonds. The Kier molecular flexibility index (Phi) is 9.36. The van der Waals surface area contributed by atoms with Crippen LogP contribution in [0.2, 0.25) is 0 Å². The van der Waals surface area contributed by atoms with Gasteiger partial charge in [-0.2, -0.15) is 0 Å².